The molecule has 1 aliphatic heterocycles. The van der Waals surface area contributed by atoms with Gasteiger partial charge in [0.1, 0.15) is 24.8 Å². The van der Waals surface area contributed by atoms with Crippen molar-refractivity contribution >= 4 is 29.2 Å². The lowest BCUT2D eigenvalue weighted by molar-refractivity contribution is 0.0942. The van der Waals surface area contributed by atoms with Crippen LogP contribution in [-0.2, 0) is 11.8 Å². The van der Waals surface area contributed by atoms with Crippen LogP contribution in [0.2, 0.25) is 0 Å². The minimum absolute atomic E-state index is 0.0441. The maximum Gasteiger partial charge on any atom is 0.418 e. The maximum atomic E-state index is 12.9. The van der Waals surface area contributed by atoms with Crippen LogP contribution < -0.4 is 20.7 Å². The van der Waals surface area contributed by atoms with Crippen molar-refractivity contribution < 1.29 is 23.5 Å². The molecule has 0 spiro atoms. The molecule has 3 aromatic heterocycles. The summed E-state index contributed by atoms with van der Waals surface area (Å²) in [5.41, 5.74) is 2.15. The number of amides is 2. The van der Waals surface area contributed by atoms with Gasteiger partial charge in [0, 0.05) is 26.1 Å². The highest BCUT2D eigenvalue weighted by Gasteiger charge is 2.35. The van der Waals surface area contributed by atoms with Crippen LogP contribution in [0.25, 0.3) is 0 Å². The summed E-state index contributed by atoms with van der Waals surface area (Å²) in [5, 5.41) is 12.0. The standard InChI is InChI=1S/C23H26FN9O4/c1-33-19(21(34)27-7-6-24)15(11-28-33)30-23(35)37-22-20(29-14-9-25-12-26-10-14)31-18(16-3-2-8-36-16)17(32-22)13-4-5-13/h9-13,16H,2-8H2,1H3,(H,27,34)(H,29,31)(H,30,35). The van der Waals surface area contributed by atoms with Gasteiger partial charge in [0.05, 0.1) is 41.4 Å². The van der Waals surface area contributed by atoms with Gasteiger partial charge in [0.15, 0.2) is 5.82 Å². The number of carbonyl (C=O) groups is 2. The van der Waals surface area contributed by atoms with Crippen LogP contribution in [0.4, 0.5) is 26.4 Å². The fourth-order valence-electron chi connectivity index (χ4n) is 4.05. The highest BCUT2D eigenvalue weighted by molar-refractivity contribution is 6.01. The van der Waals surface area contributed by atoms with Crippen molar-refractivity contribution in [1.82, 2.24) is 35.0 Å². The number of nitrogens with zero attached hydrogens (tertiary/aromatic N) is 6. The first-order chi connectivity index (χ1) is 18.0. The van der Waals surface area contributed by atoms with Crippen molar-refractivity contribution in [2.75, 3.05) is 30.5 Å². The zero-order valence-corrected chi connectivity index (χ0v) is 20.1. The fourth-order valence-corrected chi connectivity index (χ4v) is 4.05. The molecule has 1 unspecified atom stereocenters. The average molecular weight is 512 g/mol. The highest BCUT2D eigenvalue weighted by Crippen LogP contribution is 2.45. The van der Waals surface area contributed by atoms with E-state index in [2.05, 4.69) is 36.0 Å². The molecule has 4 heterocycles. The SMILES string of the molecule is Cn1ncc(NC(=O)Oc2nc(C3CC3)c(C3CCCO3)nc2Nc2cncnc2)c1C(=O)NCCF. The van der Waals surface area contributed by atoms with Gasteiger partial charge < -0.3 is 20.1 Å². The Morgan fingerprint density at radius 2 is 1.97 bits per heavy atom. The third kappa shape index (κ3) is 5.63. The van der Waals surface area contributed by atoms with Crippen molar-refractivity contribution in [2.45, 2.75) is 37.7 Å². The number of aromatic nitrogens is 6. The van der Waals surface area contributed by atoms with Crippen LogP contribution >= 0.6 is 0 Å². The fraction of sp³-hybridized carbons (Fsp3) is 0.435. The lowest BCUT2D eigenvalue weighted by Crippen LogP contribution is -2.29. The number of anilines is 3. The normalized spacial score (nSPS) is 16.9. The van der Waals surface area contributed by atoms with Crippen molar-refractivity contribution in [3.8, 4) is 5.88 Å². The maximum absolute atomic E-state index is 12.9. The Morgan fingerprint density at radius 3 is 2.68 bits per heavy atom. The van der Waals surface area contributed by atoms with Gasteiger partial charge in [0.2, 0.25) is 0 Å². The topological polar surface area (TPSA) is 158 Å². The van der Waals surface area contributed by atoms with Gasteiger partial charge in [-0.3, -0.25) is 14.8 Å². The molecule has 0 bridgehead atoms. The number of nitrogens with one attached hydrogen (secondary N) is 3. The first-order valence-corrected chi connectivity index (χ1v) is 11.9. The molecule has 2 amide bonds. The summed E-state index contributed by atoms with van der Waals surface area (Å²) < 4.78 is 25.2. The van der Waals surface area contributed by atoms with E-state index in [4.69, 9.17) is 14.5 Å². The minimum atomic E-state index is -0.902. The van der Waals surface area contributed by atoms with E-state index in [9.17, 15) is 14.0 Å². The van der Waals surface area contributed by atoms with Gasteiger partial charge in [-0.25, -0.2) is 29.1 Å². The second-order valence-corrected chi connectivity index (χ2v) is 8.67. The van der Waals surface area contributed by atoms with Crippen LogP contribution in [-0.4, -0.2) is 61.5 Å². The summed E-state index contributed by atoms with van der Waals surface area (Å²) in [6.07, 6.45) is 8.40. The van der Waals surface area contributed by atoms with E-state index >= 15 is 0 Å². The van der Waals surface area contributed by atoms with E-state index in [0.717, 1.165) is 37.1 Å². The quantitative estimate of drug-likeness (QED) is 0.390. The van der Waals surface area contributed by atoms with Gasteiger partial charge in [-0.1, -0.05) is 0 Å². The second-order valence-electron chi connectivity index (χ2n) is 8.67. The smallest absolute Gasteiger partial charge is 0.387 e. The lowest BCUT2D eigenvalue weighted by atomic mass is 10.1. The molecular formula is C23H26FN9O4. The van der Waals surface area contributed by atoms with E-state index in [1.807, 2.05) is 0 Å². The molecule has 0 aromatic carbocycles. The van der Waals surface area contributed by atoms with Gasteiger partial charge in [-0.05, 0) is 25.7 Å². The Bertz CT molecular complexity index is 1280. The van der Waals surface area contributed by atoms with E-state index in [-0.39, 0.29) is 41.6 Å². The number of aryl methyl sites for hydroxylation is 1. The molecule has 3 aromatic rings. The predicted molar refractivity (Wildman–Crippen MR) is 128 cm³/mol. The van der Waals surface area contributed by atoms with E-state index in [1.54, 1.807) is 12.4 Å². The van der Waals surface area contributed by atoms with Gasteiger partial charge >= 0.3 is 6.09 Å². The largest absolute Gasteiger partial charge is 0.418 e. The van der Waals surface area contributed by atoms with Crippen molar-refractivity contribution in [1.29, 1.82) is 0 Å². The van der Waals surface area contributed by atoms with Gasteiger partial charge in [-0.15, -0.1) is 0 Å². The highest BCUT2D eigenvalue weighted by atomic mass is 19.1. The van der Waals surface area contributed by atoms with Crippen molar-refractivity contribution in [3.63, 3.8) is 0 Å². The van der Waals surface area contributed by atoms with E-state index < -0.39 is 18.7 Å². The summed E-state index contributed by atoms with van der Waals surface area (Å²) in [6, 6.07) is 0. The predicted octanol–water partition coefficient (Wildman–Crippen LogP) is 2.78. The van der Waals surface area contributed by atoms with E-state index in [0.29, 0.717) is 12.3 Å². The Morgan fingerprint density at radius 1 is 1.16 bits per heavy atom. The number of alkyl halides is 1. The Balaban J connectivity index is 1.43. The molecule has 3 N–H and O–H groups in total. The third-order valence-corrected chi connectivity index (χ3v) is 5.90. The zero-order valence-electron chi connectivity index (χ0n) is 20.1. The summed E-state index contributed by atoms with van der Waals surface area (Å²) in [7, 11) is 1.53. The van der Waals surface area contributed by atoms with Crippen molar-refractivity contribution in [2.24, 2.45) is 7.05 Å². The molecule has 13 nitrogen and oxygen atoms in total. The second kappa shape index (κ2) is 10.8. The molecule has 1 aliphatic carbocycles. The number of carbonyl (C=O) groups excluding carboxylic acids is 2. The minimum Gasteiger partial charge on any atom is -0.387 e. The first kappa shape index (κ1) is 24.5. The molecule has 2 aliphatic rings. The van der Waals surface area contributed by atoms with Crippen LogP contribution in [0.1, 0.15) is 59.6 Å². The number of hydrogen-bond donors (Lipinski definition) is 3. The zero-order chi connectivity index (χ0) is 25.8. The lowest BCUT2D eigenvalue weighted by Gasteiger charge is -2.18. The molecule has 1 saturated carbocycles. The molecule has 14 heteroatoms. The van der Waals surface area contributed by atoms with E-state index in [1.165, 1.54) is 24.3 Å². The molecular weight excluding hydrogens is 485 g/mol. The molecule has 194 valence electrons. The molecule has 1 atom stereocenters. The number of halogens is 1. The van der Waals surface area contributed by atoms with Crippen LogP contribution in [0.5, 0.6) is 5.88 Å². The molecule has 5 rings (SSSR count). The van der Waals surface area contributed by atoms with Crippen LogP contribution in [0.15, 0.2) is 24.9 Å². The van der Waals surface area contributed by atoms with Gasteiger partial charge in [-0.2, -0.15) is 5.10 Å². The Labute approximate surface area is 211 Å². The molecule has 0 radical (unpaired) electrons. The summed E-state index contributed by atoms with van der Waals surface area (Å²) in [4.78, 5) is 42.8. The third-order valence-electron chi connectivity index (χ3n) is 5.90. The molecule has 2 fully saturated rings. The van der Waals surface area contributed by atoms with Crippen LogP contribution in [0, 0.1) is 0 Å². The monoisotopic (exact) mass is 511 g/mol. The molecule has 37 heavy (non-hydrogen) atoms. The summed E-state index contributed by atoms with van der Waals surface area (Å²) in [6.45, 7) is -0.234. The number of rotatable bonds is 9. The Hall–Kier alpha value is -4.20. The summed E-state index contributed by atoms with van der Waals surface area (Å²) >= 11 is 0. The number of ether oxygens (including phenoxy) is 2. The molecule has 1 saturated heterocycles. The number of hydrogen-bond acceptors (Lipinski definition) is 10. The van der Waals surface area contributed by atoms with Crippen molar-refractivity contribution in [3.05, 3.63) is 42.0 Å². The Kier molecular flexibility index (Phi) is 7.16. The summed E-state index contributed by atoms with van der Waals surface area (Å²) in [5.74, 6) is -0.212. The van der Waals surface area contributed by atoms with Crippen LogP contribution in [0.3, 0.4) is 0 Å². The van der Waals surface area contributed by atoms with Gasteiger partial charge in [0.25, 0.3) is 11.8 Å². The average Bonchev–Trinajstić information content (AvgIpc) is 3.47. The first-order valence-electron chi connectivity index (χ1n) is 11.9.